The summed E-state index contributed by atoms with van der Waals surface area (Å²) in [6, 6.07) is 19.1. The van der Waals surface area contributed by atoms with Crippen molar-refractivity contribution in [2.45, 2.75) is 45.0 Å². The zero-order valence-corrected chi connectivity index (χ0v) is 26.7. The lowest BCUT2D eigenvalue weighted by Crippen LogP contribution is -2.37. The number of carbonyl (C=O) groups is 4. The predicted molar refractivity (Wildman–Crippen MR) is 174 cm³/mol. The third-order valence-corrected chi connectivity index (χ3v) is 7.64. The first-order chi connectivity index (χ1) is 21.9. The van der Waals surface area contributed by atoms with Gasteiger partial charge in [-0.1, -0.05) is 23.9 Å². The maximum absolute atomic E-state index is 13.2. The number of rotatable bonds is 9. The van der Waals surface area contributed by atoms with Crippen LogP contribution in [0.3, 0.4) is 0 Å². The third kappa shape index (κ3) is 7.85. The summed E-state index contributed by atoms with van der Waals surface area (Å²) in [4.78, 5) is 60.9. The van der Waals surface area contributed by atoms with Crippen molar-refractivity contribution in [3.05, 3.63) is 91.0 Å². The van der Waals surface area contributed by atoms with E-state index in [2.05, 4.69) is 10.3 Å². The van der Waals surface area contributed by atoms with Crippen molar-refractivity contribution < 1.29 is 33.5 Å². The molecule has 0 aliphatic carbocycles. The maximum Gasteiger partial charge on any atom is 0.414 e. The van der Waals surface area contributed by atoms with Gasteiger partial charge in [0.25, 0.3) is 11.1 Å². The number of hydrogen-bond acceptors (Lipinski definition) is 9. The van der Waals surface area contributed by atoms with Crippen LogP contribution in [0.4, 0.5) is 21.0 Å². The minimum Gasteiger partial charge on any atom is -0.457 e. The molecular weight excluding hydrogens is 610 g/mol. The second kappa shape index (κ2) is 13.4. The highest BCUT2D eigenvalue weighted by molar-refractivity contribution is 8.15. The van der Waals surface area contributed by atoms with Crippen LogP contribution in [0, 0.1) is 0 Å². The zero-order chi connectivity index (χ0) is 33.0. The van der Waals surface area contributed by atoms with E-state index < -0.39 is 22.9 Å². The lowest BCUT2D eigenvalue weighted by molar-refractivity contribution is -0.120. The van der Waals surface area contributed by atoms with Crippen LogP contribution < -0.4 is 24.9 Å². The minimum atomic E-state index is -0.764. The quantitative estimate of drug-likeness (QED) is 0.209. The van der Waals surface area contributed by atoms with Gasteiger partial charge in [-0.2, -0.15) is 0 Å². The summed E-state index contributed by atoms with van der Waals surface area (Å²) in [6.07, 6.45) is 4.94. The van der Waals surface area contributed by atoms with Crippen LogP contribution in [-0.4, -0.2) is 50.6 Å². The molecule has 1 aliphatic heterocycles. The molecule has 5 rings (SSSR count). The number of imide groups is 1. The van der Waals surface area contributed by atoms with E-state index in [1.807, 2.05) is 35.0 Å². The van der Waals surface area contributed by atoms with Gasteiger partial charge in [-0.3, -0.25) is 24.6 Å². The Kier molecular flexibility index (Phi) is 9.33. The molecule has 1 aliphatic rings. The molecule has 2 heterocycles. The number of nitrogens with zero attached hydrogens (tertiary/aromatic N) is 4. The van der Waals surface area contributed by atoms with E-state index in [0.717, 1.165) is 28.1 Å². The largest absolute Gasteiger partial charge is 0.457 e. The van der Waals surface area contributed by atoms with Crippen molar-refractivity contribution in [2.75, 3.05) is 17.0 Å². The molecule has 1 N–H and O–H groups in total. The second-order valence-electron chi connectivity index (χ2n) is 11.4. The number of ether oxygens (including phenoxy) is 2. The van der Waals surface area contributed by atoms with Gasteiger partial charge in [0, 0.05) is 38.1 Å². The standard InChI is InChI=1S/C33H33N5O7S/c1-21(39)38(45-25-10-6-22(7-11-25)18-29-30(40)35-31(41)46-29)27-15-14-26(19-28(27)36(5)32(42)44-33(2,3)4)43-24-12-8-23(9-13-24)37-17-16-34-20-37/h6-17,19-20,29H,18H2,1-5H3,(H,35,40,41). The second-order valence-corrected chi connectivity index (χ2v) is 12.6. The number of hydrogen-bond donors (Lipinski definition) is 1. The molecule has 13 heteroatoms. The van der Waals surface area contributed by atoms with E-state index in [1.54, 1.807) is 75.8 Å². The fourth-order valence-corrected chi connectivity index (χ4v) is 5.35. The third-order valence-electron chi connectivity index (χ3n) is 6.66. The molecule has 1 fully saturated rings. The SMILES string of the molecule is CC(=O)N(Oc1ccc(CC2SC(=O)NC2=O)cc1)c1ccc(Oc2ccc(-n3ccnc3)cc2)cc1N(C)C(=O)OC(C)(C)C. The van der Waals surface area contributed by atoms with Gasteiger partial charge in [-0.25, -0.2) is 9.78 Å². The summed E-state index contributed by atoms with van der Waals surface area (Å²) >= 11 is 0.956. The van der Waals surface area contributed by atoms with Crippen LogP contribution in [0.15, 0.2) is 85.5 Å². The maximum atomic E-state index is 13.2. The molecule has 46 heavy (non-hydrogen) atoms. The Balaban J connectivity index is 1.41. The van der Waals surface area contributed by atoms with Gasteiger partial charge in [0.15, 0.2) is 5.75 Å². The van der Waals surface area contributed by atoms with Gasteiger partial charge in [-0.05, 0) is 81.3 Å². The Hall–Kier alpha value is -5.30. The zero-order valence-electron chi connectivity index (χ0n) is 25.9. The van der Waals surface area contributed by atoms with Crippen LogP contribution in [0.5, 0.6) is 17.2 Å². The van der Waals surface area contributed by atoms with Crippen molar-refractivity contribution in [2.24, 2.45) is 0 Å². The topological polar surface area (TPSA) is 132 Å². The Morgan fingerprint density at radius 1 is 0.957 bits per heavy atom. The van der Waals surface area contributed by atoms with E-state index in [4.69, 9.17) is 14.3 Å². The Morgan fingerprint density at radius 2 is 1.63 bits per heavy atom. The minimum absolute atomic E-state index is 0.269. The average Bonchev–Trinajstić information content (AvgIpc) is 3.65. The molecule has 1 unspecified atom stereocenters. The number of carbonyl (C=O) groups excluding carboxylic acids is 4. The molecule has 12 nitrogen and oxygen atoms in total. The number of hydroxylamine groups is 1. The first-order valence-corrected chi connectivity index (χ1v) is 15.2. The summed E-state index contributed by atoms with van der Waals surface area (Å²) < 4.78 is 13.6. The molecule has 0 saturated carbocycles. The van der Waals surface area contributed by atoms with Crippen molar-refractivity contribution in [3.63, 3.8) is 0 Å². The fraction of sp³-hybridized carbons (Fsp3) is 0.242. The van der Waals surface area contributed by atoms with E-state index >= 15 is 0 Å². The summed E-state index contributed by atoms with van der Waals surface area (Å²) in [5.41, 5.74) is 1.52. The summed E-state index contributed by atoms with van der Waals surface area (Å²) in [5.74, 6) is 0.524. The fourth-order valence-electron chi connectivity index (χ4n) is 4.49. The molecule has 3 aromatic carbocycles. The van der Waals surface area contributed by atoms with E-state index in [-0.39, 0.29) is 16.8 Å². The molecule has 1 atom stereocenters. The number of amides is 4. The van der Waals surface area contributed by atoms with Crippen molar-refractivity contribution in [3.8, 4) is 22.9 Å². The van der Waals surface area contributed by atoms with Crippen LogP contribution in [0.1, 0.15) is 33.3 Å². The van der Waals surface area contributed by atoms with Gasteiger partial charge >= 0.3 is 6.09 Å². The highest BCUT2D eigenvalue weighted by Crippen LogP contribution is 2.36. The number of anilines is 2. The van der Waals surface area contributed by atoms with Crippen LogP contribution in [0.2, 0.25) is 0 Å². The summed E-state index contributed by atoms with van der Waals surface area (Å²) in [6.45, 7) is 6.62. The smallest absolute Gasteiger partial charge is 0.414 e. The van der Waals surface area contributed by atoms with Gasteiger partial charge < -0.3 is 18.9 Å². The molecule has 0 radical (unpaired) electrons. The molecule has 1 aromatic heterocycles. The summed E-state index contributed by atoms with van der Waals surface area (Å²) in [5, 5.41) is 2.49. The molecule has 0 spiro atoms. The van der Waals surface area contributed by atoms with Crippen LogP contribution in [0.25, 0.3) is 5.69 Å². The number of imidazole rings is 1. The molecule has 238 valence electrons. The van der Waals surface area contributed by atoms with Gasteiger partial charge in [-0.15, -0.1) is 5.06 Å². The van der Waals surface area contributed by atoms with Crippen molar-refractivity contribution in [1.82, 2.24) is 14.9 Å². The van der Waals surface area contributed by atoms with Crippen LogP contribution >= 0.6 is 11.8 Å². The monoisotopic (exact) mass is 643 g/mol. The Morgan fingerprint density at radius 3 is 2.22 bits per heavy atom. The Labute approximate surface area is 270 Å². The Bertz CT molecular complexity index is 1740. The molecule has 4 aromatic rings. The van der Waals surface area contributed by atoms with E-state index in [9.17, 15) is 19.2 Å². The van der Waals surface area contributed by atoms with Crippen molar-refractivity contribution >= 4 is 46.3 Å². The molecular formula is C33H33N5O7S. The van der Waals surface area contributed by atoms with Gasteiger partial charge in [0.2, 0.25) is 5.91 Å². The first-order valence-electron chi connectivity index (χ1n) is 14.3. The predicted octanol–water partition coefficient (Wildman–Crippen LogP) is 6.28. The number of thioether (sulfide) groups is 1. The van der Waals surface area contributed by atoms with Crippen molar-refractivity contribution in [1.29, 1.82) is 0 Å². The summed E-state index contributed by atoms with van der Waals surface area (Å²) in [7, 11) is 1.53. The average molecular weight is 644 g/mol. The molecule has 4 amide bonds. The number of nitrogens with one attached hydrogen (secondary N) is 1. The lowest BCUT2D eigenvalue weighted by Gasteiger charge is -2.29. The number of aromatic nitrogens is 2. The van der Waals surface area contributed by atoms with E-state index in [0.29, 0.717) is 29.4 Å². The van der Waals surface area contributed by atoms with E-state index in [1.165, 1.54) is 18.9 Å². The number of benzene rings is 3. The highest BCUT2D eigenvalue weighted by Gasteiger charge is 2.31. The van der Waals surface area contributed by atoms with Gasteiger partial charge in [0.05, 0.1) is 17.3 Å². The highest BCUT2D eigenvalue weighted by atomic mass is 32.2. The van der Waals surface area contributed by atoms with Gasteiger partial charge in [0.1, 0.15) is 22.8 Å². The molecule has 1 saturated heterocycles. The normalized spacial score (nSPS) is 14.4. The molecule has 0 bridgehead atoms. The first kappa shape index (κ1) is 32.1. The lowest BCUT2D eigenvalue weighted by atomic mass is 10.1. The van der Waals surface area contributed by atoms with Crippen LogP contribution in [-0.2, 0) is 20.7 Å².